The highest BCUT2D eigenvalue weighted by atomic mass is 19.1. The first-order chi connectivity index (χ1) is 17.4. The minimum absolute atomic E-state index is 0.00640. The number of halogens is 2. The maximum absolute atomic E-state index is 15.4. The number of rotatable bonds is 8. The van der Waals surface area contributed by atoms with Gasteiger partial charge in [-0.1, -0.05) is 12.8 Å². The molecule has 0 spiro atoms. The van der Waals surface area contributed by atoms with Gasteiger partial charge in [0.1, 0.15) is 17.9 Å². The summed E-state index contributed by atoms with van der Waals surface area (Å²) < 4.78 is 37.4. The summed E-state index contributed by atoms with van der Waals surface area (Å²) in [5.74, 6) is -1.11. The van der Waals surface area contributed by atoms with E-state index in [2.05, 4.69) is 20.2 Å². The second-order valence-electron chi connectivity index (χ2n) is 9.77. The molecule has 1 saturated carbocycles. The van der Waals surface area contributed by atoms with E-state index >= 15 is 4.39 Å². The third kappa shape index (κ3) is 4.86. The predicted molar refractivity (Wildman–Crippen MR) is 134 cm³/mol. The molecule has 5 rings (SSSR count). The number of carbonyl (C=O) groups excluding carboxylic acids is 1. The van der Waals surface area contributed by atoms with Crippen LogP contribution in [0.2, 0.25) is 0 Å². The summed E-state index contributed by atoms with van der Waals surface area (Å²) in [7, 11) is 3.21. The third-order valence-corrected chi connectivity index (χ3v) is 7.03. The molecule has 10 heteroatoms. The molecule has 192 valence electrons. The zero-order chi connectivity index (χ0) is 25.2. The van der Waals surface area contributed by atoms with Gasteiger partial charge in [-0.25, -0.2) is 13.8 Å². The van der Waals surface area contributed by atoms with E-state index in [1.165, 1.54) is 30.0 Å². The molecule has 0 bridgehead atoms. The Morgan fingerprint density at radius 2 is 1.92 bits per heavy atom. The van der Waals surface area contributed by atoms with Gasteiger partial charge in [0.25, 0.3) is 5.91 Å². The SMILES string of the molecule is CN(C)C(=O)c1c(F)c2cnc(Nc3ccc(OCCN4CCCC4)c(F)c3)nc2n1C1CCCC1. The van der Waals surface area contributed by atoms with E-state index in [1.54, 1.807) is 30.8 Å². The Morgan fingerprint density at radius 3 is 2.61 bits per heavy atom. The minimum atomic E-state index is -0.608. The van der Waals surface area contributed by atoms with E-state index in [0.717, 1.165) is 45.3 Å². The van der Waals surface area contributed by atoms with Crippen molar-refractivity contribution in [2.75, 3.05) is 45.7 Å². The lowest BCUT2D eigenvalue weighted by atomic mass is 10.2. The van der Waals surface area contributed by atoms with Crippen molar-refractivity contribution < 1.29 is 18.3 Å². The number of ether oxygens (including phenoxy) is 1. The van der Waals surface area contributed by atoms with E-state index in [0.29, 0.717) is 17.9 Å². The average Bonchev–Trinajstić information content (AvgIpc) is 3.61. The lowest BCUT2D eigenvalue weighted by molar-refractivity contribution is 0.0810. The van der Waals surface area contributed by atoms with Crippen LogP contribution in [-0.4, -0.2) is 70.6 Å². The fourth-order valence-corrected chi connectivity index (χ4v) is 5.15. The van der Waals surface area contributed by atoms with Gasteiger partial charge in [-0.2, -0.15) is 4.98 Å². The standard InChI is InChI=1S/C26H32F2N6O2/c1-32(2)25(35)23-22(28)19-16-29-26(31-24(19)34(23)18-7-3-4-8-18)30-17-9-10-21(20(27)15-17)36-14-13-33-11-5-6-12-33/h9-10,15-16,18H,3-8,11-14H2,1-2H3,(H,29,30,31). The van der Waals surface area contributed by atoms with Gasteiger partial charge in [-0.3, -0.25) is 9.69 Å². The van der Waals surface area contributed by atoms with E-state index in [-0.39, 0.29) is 28.8 Å². The number of aromatic nitrogens is 3. The summed E-state index contributed by atoms with van der Waals surface area (Å²) in [5.41, 5.74) is 0.821. The largest absolute Gasteiger partial charge is 0.489 e. The molecule has 1 aromatic carbocycles. The number of likely N-dealkylation sites (tertiary alicyclic amines) is 1. The van der Waals surface area contributed by atoms with E-state index in [1.807, 2.05) is 0 Å². The molecule has 2 aromatic heterocycles. The van der Waals surface area contributed by atoms with Crippen LogP contribution in [-0.2, 0) is 0 Å². The van der Waals surface area contributed by atoms with Crippen LogP contribution in [0.4, 0.5) is 20.4 Å². The van der Waals surface area contributed by atoms with Crippen molar-refractivity contribution in [2.24, 2.45) is 0 Å². The van der Waals surface area contributed by atoms with Gasteiger partial charge in [0.05, 0.1) is 5.39 Å². The van der Waals surface area contributed by atoms with Crippen LogP contribution in [0.5, 0.6) is 5.75 Å². The zero-order valence-corrected chi connectivity index (χ0v) is 20.8. The lowest BCUT2D eigenvalue weighted by Crippen LogP contribution is -2.26. The number of anilines is 2. The summed E-state index contributed by atoms with van der Waals surface area (Å²) >= 11 is 0. The smallest absolute Gasteiger partial charge is 0.273 e. The zero-order valence-electron chi connectivity index (χ0n) is 20.8. The fourth-order valence-electron chi connectivity index (χ4n) is 5.15. The molecule has 2 fully saturated rings. The Morgan fingerprint density at radius 1 is 1.17 bits per heavy atom. The van der Waals surface area contributed by atoms with Crippen LogP contribution in [0, 0.1) is 11.6 Å². The summed E-state index contributed by atoms with van der Waals surface area (Å²) in [6.45, 7) is 3.35. The Balaban J connectivity index is 1.38. The van der Waals surface area contributed by atoms with Gasteiger partial charge in [0.2, 0.25) is 5.95 Å². The number of nitrogens with zero attached hydrogens (tertiary/aromatic N) is 5. The van der Waals surface area contributed by atoms with Crippen molar-refractivity contribution in [3.63, 3.8) is 0 Å². The number of hydrogen-bond donors (Lipinski definition) is 1. The molecule has 1 aliphatic heterocycles. The topological polar surface area (TPSA) is 75.5 Å². The molecule has 1 N–H and O–H groups in total. The van der Waals surface area contributed by atoms with E-state index in [4.69, 9.17) is 4.74 Å². The quantitative estimate of drug-likeness (QED) is 0.483. The summed E-state index contributed by atoms with van der Waals surface area (Å²) in [4.78, 5) is 25.3. The number of carbonyl (C=O) groups is 1. The highest BCUT2D eigenvalue weighted by Crippen LogP contribution is 2.36. The molecule has 8 nitrogen and oxygen atoms in total. The highest BCUT2D eigenvalue weighted by molar-refractivity contribution is 5.98. The van der Waals surface area contributed by atoms with Crippen LogP contribution in [0.3, 0.4) is 0 Å². The monoisotopic (exact) mass is 498 g/mol. The molecule has 3 heterocycles. The molecule has 0 unspecified atom stereocenters. The first kappa shape index (κ1) is 24.4. The maximum Gasteiger partial charge on any atom is 0.273 e. The van der Waals surface area contributed by atoms with Crippen molar-refractivity contribution in [1.29, 1.82) is 0 Å². The molecule has 36 heavy (non-hydrogen) atoms. The molecule has 3 aromatic rings. The number of fused-ring (bicyclic) bond motifs is 1. The highest BCUT2D eigenvalue weighted by Gasteiger charge is 2.31. The molecular weight excluding hydrogens is 466 g/mol. The van der Waals surface area contributed by atoms with Crippen molar-refractivity contribution in [2.45, 2.75) is 44.6 Å². The van der Waals surface area contributed by atoms with Gasteiger partial charge in [-0.05, 0) is 50.9 Å². The van der Waals surface area contributed by atoms with Crippen molar-refractivity contribution in [1.82, 2.24) is 24.3 Å². The second kappa shape index (κ2) is 10.4. The van der Waals surface area contributed by atoms with E-state index < -0.39 is 17.5 Å². The molecule has 1 saturated heterocycles. The molecule has 0 atom stereocenters. The summed E-state index contributed by atoms with van der Waals surface area (Å²) in [6, 6.07) is 4.60. The number of benzene rings is 1. The Hall–Kier alpha value is -3.27. The third-order valence-electron chi connectivity index (χ3n) is 7.03. The van der Waals surface area contributed by atoms with Gasteiger partial charge < -0.3 is 19.5 Å². The lowest BCUT2D eigenvalue weighted by Gasteiger charge is -2.19. The summed E-state index contributed by atoms with van der Waals surface area (Å²) in [5, 5.41) is 3.21. The molecule has 1 amide bonds. The van der Waals surface area contributed by atoms with Crippen LogP contribution < -0.4 is 10.1 Å². The number of amides is 1. The number of hydrogen-bond acceptors (Lipinski definition) is 6. The van der Waals surface area contributed by atoms with E-state index in [9.17, 15) is 9.18 Å². The second-order valence-corrected chi connectivity index (χ2v) is 9.77. The Bertz CT molecular complexity index is 1250. The van der Waals surface area contributed by atoms with Crippen LogP contribution in [0.25, 0.3) is 11.0 Å². The Labute approximate surface area is 209 Å². The van der Waals surface area contributed by atoms with Gasteiger partial charge >= 0.3 is 0 Å². The first-order valence-electron chi connectivity index (χ1n) is 12.6. The molecule has 1 aliphatic carbocycles. The van der Waals surface area contributed by atoms with Gasteiger partial charge in [0, 0.05) is 44.6 Å². The van der Waals surface area contributed by atoms with Crippen LogP contribution >= 0.6 is 0 Å². The maximum atomic E-state index is 15.4. The average molecular weight is 499 g/mol. The fraction of sp³-hybridized carbons (Fsp3) is 0.500. The molecule has 2 aliphatic rings. The summed E-state index contributed by atoms with van der Waals surface area (Å²) in [6.07, 6.45) is 7.53. The van der Waals surface area contributed by atoms with Gasteiger partial charge in [0.15, 0.2) is 17.4 Å². The van der Waals surface area contributed by atoms with Crippen LogP contribution in [0.15, 0.2) is 24.4 Å². The Kier molecular flexibility index (Phi) is 7.04. The predicted octanol–water partition coefficient (Wildman–Crippen LogP) is 4.74. The number of nitrogens with one attached hydrogen (secondary N) is 1. The van der Waals surface area contributed by atoms with Crippen LogP contribution in [0.1, 0.15) is 55.1 Å². The van der Waals surface area contributed by atoms with Gasteiger partial charge in [-0.15, -0.1) is 0 Å². The first-order valence-corrected chi connectivity index (χ1v) is 12.6. The molecule has 0 radical (unpaired) electrons. The normalized spacial score (nSPS) is 16.7. The minimum Gasteiger partial charge on any atom is -0.489 e. The molecular formula is C26H32F2N6O2. The van der Waals surface area contributed by atoms with Crippen molar-refractivity contribution in [3.8, 4) is 5.75 Å². The van der Waals surface area contributed by atoms with Crippen molar-refractivity contribution >= 4 is 28.6 Å². The van der Waals surface area contributed by atoms with Crippen molar-refractivity contribution in [3.05, 3.63) is 41.7 Å².